The third kappa shape index (κ3) is 5.00. The van der Waals surface area contributed by atoms with E-state index in [4.69, 9.17) is 13.8 Å². The number of nitrogens with one attached hydrogen (secondary N) is 1. The highest BCUT2D eigenvalue weighted by Gasteiger charge is 2.46. The molecule has 3 unspecified atom stereocenters. The van der Waals surface area contributed by atoms with E-state index in [0.717, 1.165) is 19.5 Å². The van der Waals surface area contributed by atoms with Crippen LogP contribution >= 0.6 is 7.75 Å². The molecule has 154 valence electrons. The summed E-state index contributed by atoms with van der Waals surface area (Å²) in [5, 5.41) is 2.64. The van der Waals surface area contributed by atoms with Crippen LogP contribution in [0.2, 0.25) is 0 Å². The van der Waals surface area contributed by atoms with Gasteiger partial charge in [0.25, 0.3) is 0 Å². The van der Waals surface area contributed by atoms with Gasteiger partial charge in [0.2, 0.25) is 0 Å². The van der Waals surface area contributed by atoms with Gasteiger partial charge in [0.1, 0.15) is 11.8 Å². The smallest absolute Gasteiger partial charge is 0.459 e. The minimum absolute atomic E-state index is 0.0379. The topological polar surface area (TPSA) is 94.2 Å². The second kappa shape index (κ2) is 8.74. The van der Waals surface area contributed by atoms with E-state index >= 15 is 0 Å². The summed E-state index contributed by atoms with van der Waals surface area (Å²) in [7, 11) is -3.93. The third-order valence-electron chi connectivity index (χ3n) is 4.82. The molecule has 0 amide bonds. The summed E-state index contributed by atoms with van der Waals surface area (Å²) in [5.74, 6) is -0.0710. The van der Waals surface area contributed by atoms with Gasteiger partial charge in [-0.2, -0.15) is 5.09 Å². The van der Waals surface area contributed by atoms with Crippen molar-refractivity contribution in [2.45, 2.75) is 45.4 Å². The van der Waals surface area contributed by atoms with E-state index in [1.807, 2.05) is 4.90 Å². The van der Waals surface area contributed by atoms with Gasteiger partial charge in [-0.1, -0.05) is 18.2 Å². The van der Waals surface area contributed by atoms with Gasteiger partial charge in [0, 0.05) is 12.5 Å². The van der Waals surface area contributed by atoms with E-state index in [1.54, 1.807) is 44.2 Å². The summed E-state index contributed by atoms with van der Waals surface area (Å²) in [6.07, 6.45) is 0.565. The van der Waals surface area contributed by atoms with Crippen LogP contribution in [0.15, 0.2) is 30.3 Å². The van der Waals surface area contributed by atoms with Crippen LogP contribution in [0.1, 0.15) is 27.2 Å². The molecule has 3 rings (SSSR count). The number of esters is 1. The number of hydrogen-bond donors (Lipinski definition) is 1. The van der Waals surface area contributed by atoms with E-state index in [0.29, 0.717) is 5.75 Å². The van der Waals surface area contributed by atoms with Gasteiger partial charge >= 0.3 is 13.7 Å². The number of ether oxygens (including phenoxy) is 1. The fourth-order valence-corrected chi connectivity index (χ4v) is 4.94. The predicted molar refractivity (Wildman–Crippen MR) is 103 cm³/mol. The quantitative estimate of drug-likeness (QED) is 0.490. The average Bonchev–Trinajstić information content (AvgIpc) is 3.22. The molecule has 8 nitrogen and oxygen atoms in total. The lowest BCUT2D eigenvalue weighted by atomic mass is 9.99. The molecule has 2 fully saturated rings. The molecule has 1 N–H and O–H groups in total. The first-order chi connectivity index (χ1) is 13.3. The van der Waals surface area contributed by atoms with Crippen LogP contribution < -0.4 is 9.61 Å². The standard InChI is InChI=1S/C19H27N2O6P/c1-13(2)26-19(23)14(3)20-28(24,27-16-7-5-4-6-8-16)25-12-17-18(22)15-9-10-21(17)11-15/h4-8,13-15,17H,9-12H2,1-3H3,(H,20,24)/t14-,15-,17?,28?/m0/s1. The van der Waals surface area contributed by atoms with Crippen LogP contribution in [0.4, 0.5) is 0 Å². The third-order valence-corrected chi connectivity index (χ3v) is 6.46. The molecule has 2 aliphatic rings. The first-order valence-electron chi connectivity index (χ1n) is 9.53. The number of ketones is 1. The van der Waals surface area contributed by atoms with Crippen molar-refractivity contribution in [3.05, 3.63) is 30.3 Å². The Morgan fingerprint density at radius 2 is 2.00 bits per heavy atom. The second-order valence-electron chi connectivity index (χ2n) is 7.43. The molecule has 28 heavy (non-hydrogen) atoms. The van der Waals surface area contributed by atoms with Gasteiger partial charge in [-0.3, -0.25) is 19.0 Å². The molecule has 2 heterocycles. The van der Waals surface area contributed by atoms with E-state index in [9.17, 15) is 14.2 Å². The van der Waals surface area contributed by atoms with E-state index in [-0.39, 0.29) is 24.4 Å². The van der Waals surface area contributed by atoms with E-state index in [2.05, 4.69) is 5.09 Å². The molecule has 0 radical (unpaired) electrons. The normalized spacial score (nSPS) is 26.9. The van der Waals surface area contributed by atoms with E-state index in [1.165, 1.54) is 6.92 Å². The van der Waals surface area contributed by atoms with Crippen LogP contribution in [0.25, 0.3) is 0 Å². The Balaban J connectivity index is 1.69. The van der Waals surface area contributed by atoms with Crippen molar-refractivity contribution in [1.82, 2.24) is 9.99 Å². The highest BCUT2D eigenvalue weighted by Crippen LogP contribution is 2.46. The number of para-hydroxylation sites is 1. The fraction of sp³-hybridized carbons (Fsp3) is 0.579. The summed E-state index contributed by atoms with van der Waals surface area (Å²) >= 11 is 0. The molecule has 2 bridgehead atoms. The van der Waals surface area contributed by atoms with Crippen LogP contribution in [0.3, 0.4) is 0 Å². The van der Waals surface area contributed by atoms with Gasteiger partial charge in [-0.15, -0.1) is 0 Å². The molecule has 2 saturated heterocycles. The first kappa shape index (κ1) is 21.0. The largest absolute Gasteiger partial charge is 0.462 e. The Bertz CT molecular complexity index is 756. The lowest BCUT2D eigenvalue weighted by molar-refractivity contribution is -0.149. The minimum atomic E-state index is -3.93. The molecule has 2 aliphatic heterocycles. The Morgan fingerprint density at radius 1 is 1.29 bits per heavy atom. The molecule has 0 aromatic heterocycles. The second-order valence-corrected chi connectivity index (χ2v) is 9.13. The molecule has 1 aromatic rings. The molecule has 5 atom stereocenters. The van der Waals surface area contributed by atoms with Crippen molar-refractivity contribution in [3.63, 3.8) is 0 Å². The zero-order chi connectivity index (χ0) is 20.3. The molecular formula is C19H27N2O6P. The van der Waals surface area contributed by atoms with Crippen molar-refractivity contribution < 1.29 is 27.9 Å². The number of nitrogens with zero attached hydrogens (tertiary/aromatic N) is 1. The minimum Gasteiger partial charge on any atom is -0.462 e. The number of piperidine rings is 1. The molecule has 9 heteroatoms. The van der Waals surface area contributed by atoms with Gasteiger partial charge in [-0.05, 0) is 45.9 Å². The lowest BCUT2D eigenvalue weighted by Gasteiger charge is -2.27. The van der Waals surface area contributed by atoms with E-state index < -0.39 is 25.8 Å². The average molecular weight is 410 g/mol. The Kier molecular flexibility index (Phi) is 6.55. The lowest BCUT2D eigenvalue weighted by Crippen LogP contribution is -2.41. The Hall–Kier alpha value is -1.73. The summed E-state index contributed by atoms with van der Waals surface area (Å²) in [6.45, 7) is 6.49. The van der Waals surface area contributed by atoms with Gasteiger partial charge in [0.05, 0.1) is 18.8 Å². The molecule has 0 aliphatic carbocycles. The summed E-state index contributed by atoms with van der Waals surface area (Å²) in [6, 6.07) is 7.22. The van der Waals surface area contributed by atoms with Crippen molar-refractivity contribution in [1.29, 1.82) is 0 Å². The summed E-state index contributed by atoms with van der Waals surface area (Å²) < 4.78 is 29.7. The number of rotatable bonds is 9. The van der Waals surface area contributed by atoms with Crippen molar-refractivity contribution in [3.8, 4) is 5.75 Å². The number of hydrogen-bond acceptors (Lipinski definition) is 7. The predicted octanol–water partition coefficient (Wildman–Crippen LogP) is 2.39. The monoisotopic (exact) mass is 410 g/mol. The van der Waals surface area contributed by atoms with Crippen molar-refractivity contribution in [2.24, 2.45) is 5.92 Å². The van der Waals surface area contributed by atoms with Gasteiger partial charge < -0.3 is 9.26 Å². The van der Waals surface area contributed by atoms with Gasteiger partial charge in [0.15, 0.2) is 5.78 Å². The van der Waals surface area contributed by atoms with Crippen LogP contribution in [0, 0.1) is 5.92 Å². The molecule has 0 spiro atoms. The molecule has 0 saturated carbocycles. The number of fused-ring (bicyclic) bond motifs is 2. The zero-order valence-electron chi connectivity index (χ0n) is 16.4. The number of Topliss-reactive ketones (excluding diaryl/α,β-unsaturated/α-hetero) is 1. The van der Waals surface area contributed by atoms with Crippen molar-refractivity contribution >= 4 is 19.5 Å². The molecular weight excluding hydrogens is 383 g/mol. The highest BCUT2D eigenvalue weighted by molar-refractivity contribution is 7.52. The zero-order valence-corrected chi connectivity index (χ0v) is 17.3. The van der Waals surface area contributed by atoms with Crippen LogP contribution in [0.5, 0.6) is 5.75 Å². The number of benzene rings is 1. The van der Waals surface area contributed by atoms with Crippen LogP contribution in [-0.4, -0.2) is 54.5 Å². The number of carbonyl (C=O) groups excluding carboxylic acids is 2. The first-order valence-corrected chi connectivity index (χ1v) is 11.1. The molecule has 1 aromatic carbocycles. The maximum absolute atomic E-state index is 13.4. The fourth-order valence-electron chi connectivity index (χ4n) is 3.45. The Morgan fingerprint density at radius 3 is 2.61 bits per heavy atom. The SMILES string of the molecule is CC(C)OC(=O)[C@H](C)NP(=O)(OCC1C(=O)[C@H]2CCN1C2)Oc1ccccc1. The highest BCUT2D eigenvalue weighted by atomic mass is 31.2. The van der Waals surface area contributed by atoms with Gasteiger partial charge in [-0.25, -0.2) is 4.57 Å². The number of carbonyl (C=O) groups is 2. The maximum atomic E-state index is 13.4. The summed E-state index contributed by atoms with van der Waals surface area (Å²) in [4.78, 5) is 26.5. The summed E-state index contributed by atoms with van der Waals surface area (Å²) in [5.41, 5.74) is 0. The van der Waals surface area contributed by atoms with Crippen molar-refractivity contribution in [2.75, 3.05) is 19.7 Å². The Labute approximate surface area is 165 Å². The maximum Gasteiger partial charge on any atom is 0.459 e. The van der Waals surface area contributed by atoms with Crippen LogP contribution in [-0.2, 0) is 23.4 Å².